The summed E-state index contributed by atoms with van der Waals surface area (Å²) in [5.41, 5.74) is 0.757. The van der Waals surface area contributed by atoms with Crippen molar-refractivity contribution in [2.45, 2.75) is 10.1 Å². The number of nitrogens with one attached hydrogen (secondary N) is 1. The Labute approximate surface area is 172 Å². The molecule has 0 unspecified atom stereocenters. The number of carbonyl (C=O) groups excluding carboxylic acids is 1. The number of rotatable bonds is 5. The number of benzene rings is 2. The number of aromatic nitrogens is 2. The largest absolute Gasteiger partial charge is 0.422 e. The molecule has 0 aliphatic carbocycles. The monoisotopic (exact) mass is 429 g/mol. The molecule has 0 radical (unpaired) electrons. The molecule has 140 valence electrons. The van der Waals surface area contributed by atoms with Gasteiger partial charge in [-0.3, -0.25) is 10.1 Å². The van der Waals surface area contributed by atoms with Gasteiger partial charge in [0.1, 0.15) is 11.1 Å². The van der Waals surface area contributed by atoms with Gasteiger partial charge in [-0.2, -0.15) is 0 Å². The number of amides is 1. The van der Waals surface area contributed by atoms with Gasteiger partial charge in [0.05, 0.1) is 0 Å². The molecule has 0 saturated heterocycles. The Bertz CT molecular complexity index is 1210. The average molecular weight is 430 g/mol. The molecule has 9 heteroatoms. The average Bonchev–Trinajstić information content (AvgIpc) is 3.14. The Balaban J connectivity index is 1.45. The smallest absolute Gasteiger partial charge is 0.349 e. The quantitative estimate of drug-likeness (QED) is 0.277. The van der Waals surface area contributed by atoms with E-state index in [2.05, 4.69) is 15.5 Å². The minimum atomic E-state index is -0.696. The molecule has 0 aliphatic heterocycles. The van der Waals surface area contributed by atoms with E-state index in [1.54, 1.807) is 24.3 Å². The number of hydrogen-bond donors (Lipinski definition) is 1. The Morgan fingerprint density at radius 3 is 2.75 bits per heavy atom. The fourth-order valence-electron chi connectivity index (χ4n) is 2.43. The molecule has 28 heavy (non-hydrogen) atoms. The van der Waals surface area contributed by atoms with Crippen molar-refractivity contribution in [2.75, 3.05) is 5.32 Å². The summed E-state index contributed by atoms with van der Waals surface area (Å²) >= 11 is 8.61. The summed E-state index contributed by atoms with van der Waals surface area (Å²) in [4.78, 5) is 24.5. The van der Waals surface area contributed by atoms with Gasteiger partial charge in [0.15, 0.2) is 4.34 Å². The minimum Gasteiger partial charge on any atom is -0.422 e. The van der Waals surface area contributed by atoms with Crippen LogP contribution in [0.1, 0.15) is 15.9 Å². The molecular weight excluding hydrogens is 418 g/mol. The summed E-state index contributed by atoms with van der Waals surface area (Å²) in [6, 6.07) is 16.1. The zero-order valence-electron chi connectivity index (χ0n) is 14.2. The number of nitrogens with zero attached hydrogens (tertiary/aromatic N) is 2. The number of thioether (sulfide) groups is 1. The van der Waals surface area contributed by atoms with E-state index in [1.165, 1.54) is 29.2 Å². The Morgan fingerprint density at radius 2 is 1.93 bits per heavy atom. The summed E-state index contributed by atoms with van der Waals surface area (Å²) in [5, 5.41) is 12.3. The molecule has 4 rings (SSSR count). The Morgan fingerprint density at radius 1 is 1.14 bits per heavy atom. The van der Waals surface area contributed by atoms with Crippen molar-refractivity contribution in [1.29, 1.82) is 0 Å². The maximum Gasteiger partial charge on any atom is 0.349 e. The number of carbonyl (C=O) groups is 1. The molecule has 0 atom stereocenters. The predicted octanol–water partition coefficient (Wildman–Crippen LogP) is 4.84. The van der Waals surface area contributed by atoms with Crippen LogP contribution in [0.4, 0.5) is 5.13 Å². The van der Waals surface area contributed by atoms with E-state index in [0.29, 0.717) is 31.2 Å². The fourth-order valence-corrected chi connectivity index (χ4v) is 4.26. The van der Waals surface area contributed by atoms with E-state index in [9.17, 15) is 9.59 Å². The molecule has 0 aliphatic rings. The van der Waals surface area contributed by atoms with Crippen molar-refractivity contribution >= 4 is 56.7 Å². The molecule has 0 fully saturated rings. The third-order valence-corrected chi connectivity index (χ3v) is 6.08. The third-order valence-electron chi connectivity index (χ3n) is 3.79. The second-order valence-electron chi connectivity index (χ2n) is 5.73. The van der Waals surface area contributed by atoms with Crippen LogP contribution < -0.4 is 10.9 Å². The molecule has 4 aromatic rings. The first-order chi connectivity index (χ1) is 13.6. The van der Waals surface area contributed by atoms with E-state index in [4.69, 9.17) is 16.0 Å². The van der Waals surface area contributed by atoms with Crippen LogP contribution in [0.3, 0.4) is 0 Å². The lowest BCUT2D eigenvalue weighted by Crippen LogP contribution is -2.20. The predicted molar refractivity (Wildman–Crippen MR) is 111 cm³/mol. The van der Waals surface area contributed by atoms with Crippen LogP contribution in [0, 0.1) is 0 Å². The van der Waals surface area contributed by atoms with Crippen LogP contribution in [0.5, 0.6) is 0 Å². The standard InChI is InChI=1S/C19H12ClN3O3S2/c20-13-7-5-11(6-8-13)10-27-19-23-22-18(28-19)21-16(24)14-9-12-3-1-2-4-15(12)26-17(14)25/h1-9H,10H2,(H,21,22,24). The molecular formula is C19H12ClN3O3S2. The van der Waals surface area contributed by atoms with Gasteiger partial charge < -0.3 is 4.42 Å². The van der Waals surface area contributed by atoms with E-state index >= 15 is 0 Å². The molecule has 0 saturated carbocycles. The number of fused-ring (bicyclic) bond motifs is 1. The topological polar surface area (TPSA) is 85.1 Å². The second-order valence-corrected chi connectivity index (χ2v) is 8.36. The van der Waals surface area contributed by atoms with Gasteiger partial charge >= 0.3 is 5.63 Å². The van der Waals surface area contributed by atoms with Crippen molar-refractivity contribution in [3.63, 3.8) is 0 Å². The summed E-state index contributed by atoms with van der Waals surface area (Å²) < 4.78 is 5.89. The number of anilines is 1. The first-order valence-electron chi connectivity index (χ1n) is 8.13. The van der Waals surface area contributed by atoms with E-state index in [1.807, 2.05) is 24.3 Å². The molecule has 1 N–H and O–H groups in total. The van der Waals surface area contributed by atoms with Crippen molar-refractivity contribution < 1.29 is 9.21 Å². The van der Waals surface area contributed by atoms with Crippen molar-refractivity contribution in [1.82, 2.24) is 10.2 Å². The summed E-state index contributed by atoms with van der Waals surface area (Å²) in [7, 11) is 0. The van der Waals surface area contributed by atoms with Crippen LogP contribution in [-0.2, 0) is 5.75 Å². The summed E-state index contributed by atoms with van der Waals surface area (Å²) in [5.74, 6) is 0.124. The van der Waals surface area contributed by atoms with E-state index in [0.717, 1.165) is 5.56 Å². The summed E-state index contributed by atoms with van der Waals surface area (Å²) in [6.45, 7) is 0. The SMILES string of the molecule is O=C(Nc1nnc(SCc2ccc(Cl)cc2)s1)c1cc2ccccc2oc1=O. The van der Waals surface area contributed by atoms with Gasteiger partial charge in [-0.15, -0.1) is 10.2 Å². The van der Waals surface area contributed by atoms with Crippen LogP contribution in [0.25, 0.3) is 11.0 Å². The van der Waals surface area contributed by atoms with Crippen molar-refractivity contribution in [2.24, 2.45) is 0 Å². The summed E-state index contributed by atoms with van der Waals surface area (Å²) in [6.07, 6.45) is 0. The molecule has 2 heterocycles. The maximum atomic E-state index is 12.4. The van der Waals surface area contributed by atoms with Crippen molar-refractivity contribution in [3.05, 3.63) is 81.2 Å². The lowest BCUT2D eigenvalue weighted by molar-refractivity contribution is 0.102. The zero-order valence-corrected chi connectivity index (χ0v) is 16.6. The first-order valence-corrected chi connectivity index (χ1v) is 10.3. The van der Waals surface area contributed by atoms with Crippen LogP contribution in [0.2, 0.25) is 5.02 Å². The highest BCUT2D eigenvalue weighted by Gasteiger charge is 2.16. The van der Waals surface area contributed by atoms with Crippen LogP contribution in [0.15, 0.2) is 68.1 Å². The molecule has 0 spiro atoms. The number of hydrogen-bond acceptors (Lipinski definition) is 7. The normalized spacial score (nSPS) is 10.9. The fraction of sp³-hybridized carbons (Fsp3) is 0.0526. The number of halogens is 1. The van der Waals surface area contributed by atoms with Gasteiger partial charge in [-0.05, 0) is 29.8 Å². The van der Waals surface area contributed by atoms with Crippen molar-refractivity contribution in [3.8, 4) is 0 Å². The molecule has 2 aromatic heterocycles. The van der Waals surface area contributed by atoms with Gasteiger partial charge in [0, 0.05) is 16.2 Å². The van der Waals surface area contributed by atoms with Gasteiger partial charge in [0.25, 0.3) is 5.91 Å². The molecule has 0 bridgehead atoms. The number of para-hydroxylation sites is 1. The minimum absolute atomic E-state index is 0.0794. The highest BCUT2D eigenvalue weighted by atomic mass is 35.5. The lowest BCUT2D eigenvalue weighted by Gasteiger charge is -2.01. The van der Waals surface area contributed by atoms with Crippen LogP contribution in [-0.4, -0.2) is 16.1 Å². The van der Waals surface area contributed by atoms with E-state index < -0.39 is 11.5 Å². The Hall–Kier alpha value is -2.68. The maximum absolute atomic E-state index is 12.4. The zero-order chi connectivity index (χ0) is 19.5. The van der Waals surface area contributed by atoms with Gasteiger partial charge in [-0.25, -0.2) is 4.79 Å². The lowest BCUT2D eigenvalue weighted by atomic mass is 10.2. The molecule has 6 nitrogen and oxygen atoms in total. The first kappa shape index (κ1) is 18.7. The van der Waals surface area contributed by atoms with Crippen LogP contribution >= 0.6 is 34.7 Å². The molecule has 1 amide bonds. The third kappa shape index (κ3) is 4.24. The van der Waals surface area contributed by atoms with Gasteiger partial charge in [-0.1, -0.05) is 65.0 Å². The highest BCUT2D eigenvalue weighted by molar-refractivity contribution is 8.00. The highest BCUT2D eigenvalue weighted by Crippen LogP contribution is 2.28. The second kappa shape index (κ2) is 8.14. The van der Waals surface area contributed by atoms with E-state index in [-0.39, 0.29) is 5.56 Å². The molecule has 2 aromatic carbocycles. The Kier molecular flexibility index (Phi) is 5.43. The van der Waals surface area contributed by atoms with Gasteiger partial charge in [0.2, 0.25) is 5.13 Å².